The van der Waals surface area contributed by atoms with Gasteiger partial charge in [0.15, 0.2) is 5.96 Å². The molecule has 2 aromatic heterocycles. The third kappa shape index (κ3) is 6.19. The fourth-order valence-electron chi connectivity index (χ4n) is 3.14. The lowest BCUT2D eigenvalue weighted by atomic mass is 9.94. The summed E-state index contributed by atoms with van der Waals surface area (Å²) in [5.74, 6) is 3.31. The number of aromatic nitrogens is 2. The van der Waals surface area contributed by atoms with Crippen LogP contribution in [-0.2, 0) is 18.5 Å². The third-order valence-electron chi connectivity index (χ3n) is 5.10. The fraction of sp³-hybridized carbons (Fsp3) is 0.591. The summed E-state index contributed by atoms with van der Waals surface area (Å²) in [5.41, 5.74) is 1.03. The minimum Gasteiger partial charge on any atom is -0.443 e. The van der Waals surface area contributed by atoms with Crippen LogP contribution in [0.2, 0.25) is 0 Å². The molecule has 1 fully saturated rings. The number of nitrogens with one attached hydrogen (secondary N) is 2. The first-order valence-electron chi connectivity index (χ1n) is 10.7. The monoisotopic (exact) mass is 413 g/mol. The Morgan fingerprint density at radius 3 is 2.47 bits per heavy atom. The van der Waals surface area contributed by atoms with Crippen LogP contribution < -0.4 is 15.5 Å². The number of hydrogen-bond acceptors (Lipinski definition) is 6. The van der Waals surface area contributed by atoms with Crippen LogP contribution in [0.3, 0.4) is 0 Å². The summed E-state index contributed by atoms with van der Waals surface area (Å²) < 4.78 is 5.84. The fourth-order valence-corrected chi connectivity index (χ4v) is 3.14. The van der Waals surface area contributed by atoms with Gasteiger partial charge in [-0.15, -0.1) is 0 Å². The Bertz CT molecular complexity index is 815. The van der Waals surface area contributed by atoms with E-state index in [0.717, 1.165) is 55.8 Å². The molecule has 30 heavy (non-hydrogen) atoms. The highest BCUT2D eigenvalue weighted by atomic mass is 16.4. The zero-order valence-electron chi connectivity index (χ0n) is 18.9. The molecule has 164 valence electrons. The van der Waals surface area contributed by atoms with Crippen LogP contribution in [0.5, 0.6) is 0 Å². The molecular formula is C22H35N7O. The predicted molar refractivity (Wildman–Crippen MR) is 121 cm³/mol. The molecule has 2 N–H and O–H groups in total. The number of hydrogen-bond donors (Lipinski definition) is 2. The number of oxazole rings is 1. The molecule has 0 spiro atoms. The molecule has 1 aliphatic rings. The van der Waals surface area contributed by atoms with Crippen LogP contribution in [-0.4, -0.2) is 60.6 Å². The lowest BCUT2D eigenvalue weighted by molar-refractivity contribution is 0.312. The predicted octanol–water partition coefficient (Wildman–Crippen LogP) is 2.37. The van der Waals surface area contributed by atoms with Crippen molar-refractivity contribution in [3.63, 3.8) is 0 Å². The molecule has 0 bridgehead atoms. The second-order valence-corrected chi connectivity index (χ2v) is 8.73. The lowest BCUT2D eigenvalue weighted by Gasteiger charge is -2.33. The SMILES string of the molecule is CCNC(=NCc1ccc(N2CCN(C)CC2)nc1)NCc1ncc(C(C)(C)C)o1. The van der Waals surface area contributed by atoms with Crippen LogP contribution in [0.25, 0.3) is 0 Å². The maximum atomic E-state index is 5.84. The number of pyridine rings is 1. The van der Waals surface area contributed by atoms with Gasteiger partial charge in [-0.2, -0.15) is 0 Å². The van der Waals surface area contributed by atoms with Gasteiger partial charge < -0.3 is 24.9 Å². The van der Waals surface area contributed by atoms with Gasteiger partial charge in [-0.3, -0.25) is 0 Å². The number of guanidine groups is 1. The van der Waals surface area contributed by atoms with E-state index in [1.807, 2.05) is 13.1 Å². The zero-order chi connectivity index (χ0) is 21.6. The number of nitrogens with zero attached hydrogens (tertiary/aromatic N) is 5. The Kier molecular flexibility index (Phi) is 7.31. The Balaban J connectivity index is 1.55. The van der Waals surface area contributed by atoms with Gasteiger partial charge >= 0.3 is 0 Å². The average molecular weight is 414 g/mol. The van der Waals surface area contributed by atoms with E-state index in [2.05, 4.69) is 75.3 Å². The zero-order valence-corrected chi connectivity index (χ0v) is 18.9. The number of anilines is 1. The van der Waals surface area contributed by atoms with Crippen molar-refractivity contribution in [2.24, 2.45) is 4.99 Å². The minimum atomic E-state index is -0.0485. The van der Waals surface area contributed by atoms with E-state index in [9.17, 15) is 0 Å². The summed E-state index contributed by atoms with van der Waals surface area (Å²) >= 11 is 0. The van der Waals surface area contributed by atoms with E-state index in [1.54, 1.807) is 6.20 Å². The average Bonchev–Trinajstić information content (AvgIpc) is 3.21. The molecule has 2 aromatic rings. The molecule has 8 nitrogen and oxygen atoms in total. The standard InChI is InChI=1S/C22H35N7O/c1-6-23-21(27-16-20-25-15-18(30-20)22(2,3)4)26-14-17-7-8-19(24-13-17)29-11-9-28(5)10-12-29/h7-8,13,15H,6,9-12,14,16H2,1-5H3,(H2,23,26,27). The van der Waals surface area contributed by atoms with Gasteiger partial charge in [0.1, 0.15) is 11.6 Å². The van der Waals surface area contributed by atoms with Gasteiger partial charge in [-0.05, 0) is 25.6 Å². The molecule has 1 aliphatic heterocycles. The highest BCUT2D eigenvalue weighted by molar-refractivity contribution is 5.79. The van der Waals surface area contributed by atoms with Crippen LogP contribution in [0.1, 0.15) is 44.9 Å². The lowest BCUT2D eigenvalue weighted by Crippen LogP contribution is -2.44. The van der Waals surface area contributed by atoms with Crippen molar-refractivity contribution >= 4 is 11.8 Å². The molecule has 1 saturated heterocycles. The Morgan fingerprint density at radius 2 is 1.87 bits per heavy atom. The van der Waals surface area contributed by atoms with Gasteiger partial charge in [0.2, 0.25) is 5.89 Å². The Labute approximate surface area is 179 Å². The van der Waals surface area contributed by atoms with Gasteiger partial charge in [0.05, 0.1) is 19.3 Å². The number of rotatable bonds is 6. The highest BCUT2D eigenvalue weighted by Crippen LogP contribution is 2.22. The number of likely N-dealkylation sites (N-methyl/N-ethyl adjacent to an activating group) is 1. The first-order valence-corrected chi connectivity index (χ1v) is 10.7. The molecule has 0 atom stereocenters. The van der Waals surface area contributed by atoms with Crippen molar-refractivity contribution in [1.29, 1.82) is 0 Å². The van der Waals surface area contributed by atoms with Crippen LogP contribution in [0.15, 0.2) is 33.9 Å². The van der Waals surface area contributed by atoms with Crippen LogP contribution in [0, 0.1) is 0 Å². The summed E-state index contributed by atoms with van der Waals surface area (Å²) in [4.78, 5) is 18.4. The molecule has 3 heterocycles. The molecule has 0 saturated carbocycles. The first kappa shape index (κ1) is 22.1. The van der Waals surface area contributed by atoms with Gasteiger partial charge in [0.25, 0.3) is 0 Å². The second-order valence-electron chi connectivity index (χ2n) is 8.73. The Hall–Kier alpha value is -2.61. The molecule has 0 unspecified atom stereocenters. The first-order chi connectivity index (χ1) is 14.3. The number of aliphatic imine (C=N–C) groups is 1. The van der Waals surface area contributed by atoms with Gasteiger partial charge in [-0.25, -0.2) is 15.0 Å². The van der Waals surface area contributed by atoms with E-state index >= 15 is 0 Å². The maximum absolute atomic E-state index is 5.84. The largest absolute Gasteiger partial charge is 0.443 e. The summed E-state index contributed by atoms with van der Waals surface area (Å²) in [6.07, 6.45) is 3.72. The molecule has 8 heteroatoms. The summed E-state index contributed by atoms with van der Waals surface area (Å²) in [6, 6.07) is 4.20. The number of piperazine rings is 1. The molecule has 0 aromatic carbocycles. The van der Waals surface area contributed by atoms with Gasteiger partial charge in [-0.1, -0.05) is 26.8 Å². The third-order valence-corrected chi connectivity index (χ3v) is 5.10. The molecule has 0 radical (unpaired) electrons. The van der Waals surface area contributed by atoms with Crippen LogP contribution >= 0.6 is 0 Å². The van der Waals surface area contributed by atoms with Crippen molar-refractivity contribution in [3.8, 4) is 0 Å². The van der Waals surface area contributed by atoms with Gasteiger partial charge in [0, 0.05) is 44.3 Å². The summed E-state index contributed by atoms with van der Waals surface area (Å²) in [6.45, 7) is 14.4. The quantitative estimate of drug-likeness (QED) is 0.556. The van der Waals surface area contributed by atoms with Crippen molar-refractivity contribution in [2.45, 2.75) is 46.2 Å². The van der Waals surface area contributed by atoms with E-state index < -0.39 is 0 Å². The normalized spacial score (nSPS) is 16.0. The van der Waals surface area contributed by atoms with E-state index in [-0.39, 0.29) is 5.41 Å². The van der Waals surface area contributed by atoms with E-state index in [4.69, 9.17) is 4.42 Å². The van der Waals surface area contributed by atoms with Crippen molar-refractivity contribution in [2.75, 3.05) is 44.7 Å². The topological polar surface area (TPSA) is 81.8 Å². The van der Waals surface area contributed by atoms with E-state index in [0.29, 0.717) is 19.0 Å². The minimum absolute atomic E-state index is 0.0485. The van der Waals surface area contributed by atoms with Crippen molar-refractivity contribution in [3.05, 3.63) is 41.7 Å². The second kappa shape index (κ2) is 9.93. The molecule has 0 amide bonds. The highest BCUT2D eigenvalue weighted by Gasteiger charge is 2.19. The van der Waals surface area contributed by atoms with E-state index in [1.165, 1.54) is 0 Å². The van der Waals surface area contributed by atoms with Crippen molar-refractivity contribution in [1.82, 2.24) is 25.5 Å². The van der Waals surface area contributed by atoms with Crippen LogP contribution in [0.4, 0.5) is 5.82 Å². The Morgan fingerprint density at radius 1 is 1.10 bits per heavy atom. The molecular weight excluding hydrogens is 378 g/mol. The molecule has 3 rings (SSSR count). The van der Waals surface area contributed by atoms with Crippen molar-refractivity contribution < 1.29 is 4.42 Å². The summed E-state index contributed by atoms with van der Waals surface area (Å²) in [7, 11) is 2.16. The molecule has 0 aliphatic carbocycles. The summed E-state index contributed by atoms with van der Waals surface area (Å²) in [5, 5.41) is 6.55. The maximum Gasteiger partial charge on any atom is 0.213 e. The smallest absolute Gasteiger partial charge is 0.213 e.